The summed E-state index contributed by atoms with van der Waals surface area (Å²) in [4.78, 5) is 0. The number of aryl methyl sites for hydroxylation is 1. The number of thiocarbonyl (C=S) groups is 1. The van der Waals surface area contributed by atoms with E-state index in [2.05, 4.69) is 10.6 Å². The molecule has 0 aromatic heterocycles. The molecule has 2 N–H and O–H groups in total. The van der Waals surface area contributed by atoms with Crippen molar-refractivity contribution < 1.29 is 4.39 Å². The first-order valence-corrected chi connectivity index (χ1v) is 4.30. The maximum atomic E-state index is 13.3. The molecule has 13 heavy (non-hydrogen) atoms. The highest BCUT2D eigenvalue weighted by Gasteiger charge is 2.04. The zero-order valence-corrected chi connectivity index (χ0v) is 8.33. The Kier molecular flexibility index (Phi) is 3.19. The van der Waals surface area contributed by atoms with Crippen LogP contribution in [0.15, 0.2) is 18.2 Å². The van der Waals surface area contributed by atoms with Gasteiger partial charge in [-0.1, -0.05) is 12.1 Å². The fourth-order valence-electron chi connectivity index (χ4n) is 0.929. The minimum atomic E-state index is -0.264. The van der Waals surface area contributed by atoms with E-state index >= 15 is 0 Å². The lowest BCUT2D eigenvalue weighted by Crippen LogP contribution is -2.24. The monoisotopic (exact) mass is 198 g/mol. The van der Waals surface area contributed by atoms with Crippen LogP contribution < -0.4 is 10.6 Å². The maximum Gasteiger partial charge on any atom is 0.170 e. The Labute approximate surface area is 82.2 Å². The molecule has 2 nitrogen and oxygen atoms in total. The van der Waals surface area contributed by atoms with Crippen LogP contribution >= 0.6 is 12.2 Å². The summed E-state index contributed by atoms with van der Waals surface area (Å²) >= 11 is 4.85. The Bertz CT molecular complexity index is 325. The second kappa shape index (κ2) is 4.18. The summed E-state index contributed by atoms with van der Waals surface area (Å²) in [6, 6.07) is 5.13. The fourth-order valence-corrected chi connectivity index (χ4v) is 1.04. The summed E-state index contributed by atoms with van der Waals surface area (Å²) in [7, 11) is 1.68. The van der Waals surface area contributed by atoms with E-state index < -0.39 is 0 Å². The first-order valence-electron chi connectivity index (χ1n) is 3.89. The van der Waals surface area contributed by atoms with Crippen LogP contribution in [0.25, 0.3) is 0 Å². The summed E-state index contributed by atoms with van der Waals surface area (Å²) in [6.45, 7) is 1.71. The number of rotatable bonds is 1. The van der Waals surface area contributed by atoms with Crippen LogP contribution in [0.5, 0.6) is 0 Å². The van der Waals surface area contributed by atoms with E-state index in [0.29, 0.717) is 16.4 Å². The second-order valence-corrected chi connectivity index (χ2v) is 3.05. The standard InChI is InChI=1S/C9H11FN2S/c1-6-4-3-5-7(8(6)10)12-9(13)11-2/h3-5H,1-2H3,(H2,11,12,13). The lowest BCUT2D eigenvalue weighted by atomic mass is 10.2. The van der Waals surface area contributed by atoms with Crippen molar-refractivity contribution in [3.63, 3.8) is 0 Å². The van der Waals surface area contributed by atoms with Gasteiger partial charge in [0.05, 0.1) is 5.69 Å². The normalized spacial score (nSPS) is 9.46. The maximum absolute atomic E-state index is 13.3. The predicted octanol–water partition coefficient (Wildman–Crippen LogP) is 2.05. The Morgan fingerprint density at radius 2 is 2.15 bits per heavy atom. The van der Waals surface area contributed by atoms with Crippen LogP contribution in [0.2, 0.25) is 0 Å². The number of hydrogen-bond donors (Lipinski definition) is 2. The average molecular weight is 198 g/mol. The Hall–Kier alpha value is -1.16. The lowest BCUT2D eigenvalue weighted by Gasteiger charge is -2.08. The molecule has 1 aromatic rings. The molecule has 1 rings (SSSR count). The van der Waals surface area contributed by atoms with Gasteiger partial charge in [0.2, 0.25) is 0 Å². The quantitative estimate of drug-likeness (QED) is 0.675. The molecular formula is C9H11FN2S. The van der Waals surface area contributed by atoms with Crippen molar-refractivity contribution in [2.24, 2.45) is 0 Å². The van der Waals surface area contributed by atoms with Gasteiger partial charge in [0, 0.05) is 7.05 Å². The van der Waals surface area contributed by atoms with Crippen LogP contribution in [0.3, 0.4) is 0 Å². The smallest absolute Gasteiger partial charge is 0.170 e. The zero-order chi connectivity index (χ0) is 9.84. The number of halogens is 1. The number of hydrogen-bond acceptors (Lipinski definition) is 1. The van der Waals surface area contributed by atoms with Gasteiger partial charge in [-0.2, -0.15) is 0 Å². The molecule has 0 saturated carbocycles. The highest BCUT2D eigenvalue weighted by atomic mass is 32.1. The van der Waals surface area contributed by atoms with E-state index in [9.17, 15) is 4.39 Å². The van der Waals surface area contributed by atoms with E-state index in [0.717, 1.165) is 0 Å². The summed E-state index contributed by atoms with van der Waals surface area (Å²) in [5.41, 5.74) is 1.00. The van der Waals surface area contributed by atoms with E-state index in [1.54, 1.807) is 32.2 Å². The van der Waals surface area contributed by atoms with E-state index in [-0.39, 0.29) is 5.82 Å². The van der Waals surface area contributed by atoms with Gasteiger partial charge < -0.3 is 10.6 Å². The summed E-state index contributed by atoms with van der Waals surface area (Å²) in [5, 5.41) is 5.87. The van der Waals surface area contributed by atoms with Gasteiger partial charge in [-0.3, -0.25) is 0 Å². The lowest BCUT2D eigenvalue weighted by molar-refractivity contribution is 0.623. The molecule has 4 heteroatoms. The molecule has 0 spiro atoms. The minimum absolute atomic E-state index is 0.264. The van der Waals surface area contributed by atoms with Gasteiger partial charge in [-0.05, 0) is 30.8 Å². The van der Waals surface area contributed by atoms with Crippen LogP contribution in [-0.2, 0) is 0 Å². The predicted molar refractivity (Wildman–Crippen MR) is 56.4 cm³/mol. The molecule has 1 aromatic carbocycles. The van der Waals surface area contributed by atoms with Gasteiger partial charge in [-0.25, -0.2) is 4.39 Å². The molecule has 0 unspecified atom stereocenters. The molecular weight excluding hydrogens is 187 g/mol. The Morgan fingerprint density at radius 1 is 1.46 bits per heavy atom. The van der Waals surface area contributed by atoms with Crippen molar-refractivity contribution in [1.82, 2.24) is 5.32 Å². The SMILES string of the molecule is CNC(=S)Nc1cccc(C)c1F. The molecule has 70 valence electrons. The third-order valence-electron chi connectivity index (χ3n) is 1.67. The highest BCUT2D eigenvalue weighted by molar-refractivity contribution is 7.80. The second-order valence-electron chi connectivity index (χ2n) is 2.64. The Morgan fingerprint density at radius 3 is 2.77 bits per heavy atom. The van der Waals surface area contributed by atoms with Crippen molar-refractivity contribution >= 4 is 23.0 Å². The molecule has 0 aliphatic heterocycles. The van der Waals surface area contributed by atoms with Gasteiger partial charge in [0.1, 0.15) is 5.82 Å². The number of nitrogens with one attached hydrogen (secondary N) is 2. The summed E-state index contributed by atoms with van der Waals surface area (Å²) in [6.07, 6.45) is 0. The topological polar surface area (TPSA) is 24.1 Å². The van der Waals surface area contributed by atoms with Crippen molar-refractivity contribution in [2.45, 2.75) is 6.92 Å². The molecule has 0 aliphatic rings. The van der Waals surface area contributed by atoms with Gasteiger partial charge in [-0.15, -0.1) is 0 Å². The van der Waals surface area contributed by atoms with Crippen molar-refractivity contribution in [2.75, 3.05) is 12.4 Å². The van der Waals surface area contributed by atoms with Gasteiger partial charge >= 0.3 is 0 Å². The molecule has 0 aliphatic carbocycles. The van der Waals surface area contributed by atoms with Crippen LogP contribution in [0.1, 0.15) is 5.56 Å². The third-order valence-corrected chi connectivity index (χ3v) is 1.97. The molecule has 0 radical (unpaired) electrons. The molecule has 0 bridgehead atoms. The molecule has 0 fully saturated rings. The molecule has 0 saturated heterocycles. The van der Waals surface area contributed by atoms with Gasteiger partial charge in [0.25, 0.3) is 0 Å². The number of anilines is 1. The minimum Gasteiger partial charge on any atom is -0.366 e. The van der Waals surface area contributed by atoms with E-state index in [1.165, 1.54) is 0 Å². The molecule has 0 amide bonds. The summed E-state index contributed by atoms with van der Waals surface area (Å²) in [5.74, 6) is -0.264. The number of benzene rings is 1. The van der Waals surface area contributed by atoms with Gasteiger partial charge in [0.15, 0.2) is 5.11 Å². The Balaban J connectivity index is 2.89. The van der Waals surface area contributed by atoms with Crippen LogP contribution in [0.4, 0.5) is 10.1 Å². The van der Waals surface area contributed by atoms with Crippen molar-refractivity contribution in [3.05, 3.63) is 29.6 Å². The fraction of sp³-hybridized carbons (Fsp3) is 0.222. The first kappa shape index (κ1) is 9.92. The third kappa shape index (κ3) is 2.39. The molecule has 0 heterocycles. The first-order chi connectivity index (χ1) is 6.15. The van der Waals surface area contributed by atoms with Crippen molar-refractivity contribution in [3.8, 4) is 0 Å². The largest absolute Gasteiger partial charge is 0.366 e. The summed E-state index contributed by atoms with van der Waals surface area (Å²) < 4.78 is 13.3. The average Bonchev–Trinajstić information content (AvgIpc) is 2.13. The molecule has 0 atom stereocenters. The highest BCUT2D eigenvalue weighted by Crippen LogP contribution is 2.16. The zero-order valence-electron chi connectivity index (χ0n) is 7.52. The van der Waals surface area contributed by atoms with Crippen molar-refractivity contribution in [1.29, 1.82) is 0 Å². The van der Waals surface area contributed by atoms with E-state index in [4.69, 9.17) is 12.2 Å². The van der Waals surface area contributed by atoms with E-state index in [1.807, 2.05) is 0 Å². The van der Waals surface area contributed by atoms with Crippen LogP contribution in [0, 0.1) is 12.7 Å². The van der Waals surface area contributed by atoms with Crippen LogP contribution in [-0.4, -0.2) is 12.2 Å².